The molecule has 0 saturated carbocycles. The lowest BCUT2D eigenvalue weighted by atomic mass is 9.92. The van der Waals surface area contributed by atoms with Gasteiger partial charge in [-0.25, -0.2) is 0 Å². The first-order valence-electron chi connectivity index (χ1n) is 5.99. The quantitative estimate of drug-likeness (QED) is 0.599. The number of esters is 1. The van der Waals surface area contributed by atoms with Crippen LogP contribution in [0.15, 0.2) is 12.1 Å². The number of hydrogen-bond donors (Lipinski definition) is 0. The van der Waals surface area contributed by atoms with Crippen molar-refractivity contribution < 1.29 is 9.53 Å². The molecule has 0 N–H and O–H groups in total. The number of carbonyl (C=O) groups excluding carboxylic acids is 1. The Bertz CT molecular complexity index is 478. The molecule has 0 spiro atoms. The van der Waals surface area contributed by atoms with E-state index >= 15 is 0 Å². The predicted molar refractivity (Wildman–Crippen MR) is 80.3 cm³/mol. The SMILES string of the molecule is CCOC(=O)[C@@H](c1cc(C)c(C)cc1C)C(Cl)(Cl)Cl. The van der Waals surface area contributed by atoms with Gasteiger partial charge in [-0.1, -0.05) is 46.9 Å². The van der Waals surface area contributed by atoms with Crippen molar-refractivity contribution in [3.05, 3.63) is 34.4 Å². The second kappa shape index (κ2) is 6.34. The smallest absolute Gasteiger partial charge is 0.317 e. The van der Waals surface area contributed by atoms with E-state index in [-0.39, 0.29) is 6.61 Å². The summed E-state index contributed by atoms with van der Waals surface area (Å²) in [5.41, 5.74) is 3.78. The molecule has 0 unspecified atom stereocenters. The summed E-state index contributed by atoms with van der Waals surface area (Å²) in [4.78, 5) is 12.1. The summed E-state index contributed by atoms with van der Waals surface area (Å²) in [5, 5.41) is 0. The molecule has 0 saturated heterocycles. The number of carbonyl (C=O) groups is 1. The Kier molecular flexibility index (Phi) is 5.54. The van der Waals surface area contributed by atoms with Gasteiger partial charge in [0, 0.05) is 0 Å². The summed E-state index contributed by atoms with van der Waals surface area (Å²) in [6.07, 6.45) is 0. The van der Waals surface area contributed by atoms with Gasteiger partial charge in [-0.15, -0.1) is 0 Å². The first-order valence-corrected chi connectivity index (χ1v) is 7.13. The number of aryl methyl sites for hydroxylation is 3. The van der Waals surface area contributed by atoms with Gasteiger partial charge >= 0.3 is 5.97 Å². The summed E-state index contributed by atoms with van der Waals surface area (Å²) in [5.74, 6) is -1.44. The molecule has 0 aliphatic heterocycles. The summed E-state index contributed by atoms with van der Waals surface area (Å²) in [6.45, 7) is 7.82. The minimum Gasteiger partial charge on any atom is -0.465 e. The molecular weight excluding hydrogens is 307 g/mol. The third-order valence-corrected chi connectivity index (χ3v) is 3.70. The molecular formula is C14H17Cl3O2. The molecule has 1 aromatic rings. The monoisotopic (exact) mass is 322 g/mol. The summed E-state index contributed by atoms with van der Waals surface area (Å²) in [7, 11) is 0. The Morgan fingerprint density at radius 2 is 1.68 bits per heavy atom. The highest BCUT2D eigenvalue weighted by molar-refractivity contribution is 6.68. The van der Waals surface area contributed by atoms with Gasteiger partial charge in [0.05, 0.1) is 6.61 Å². The maximum absolute atomic E-state index is 12.1. The maximum Gasteiger partial charge on any atom is 0.317 e. The van der Waals surface area contributed by atoms with Crippen LogP contribution in [0.5, 0.6) is 0 Å². The zero-order valence-electron chi connectivity index (χ0n) is 11.4. The van der Waals surface area contributed by atoms with Crippen LogP contribution in [-0.2, 0) is 9.53 Å². The number of halogens is 3. The van der Waals surface area contributed by atoms with Crippen molar-refractivity contribution in [1.29, 1.82) is 0 Å². The lowest BCUT2D eigenvalue weighted by Crippen LogP contribution is -2.28. The molecule has 0 radical (unpaired) electrons. The predicted octanol–water partition coefficient (Wildman–Crippen LogP) is 4.63. The van der Waals surface area contributed by atoms with E-state index in [9.17, 15) is 4.79 Å². The van der Waals surface area contributed by atoms with Crippen molar-refractivity contribution in [2.75, 3.05) is 6.61 Å². The van der Waals surface area contributed by atoms with Crippen LogP contribution < -0.4 is 0 Å². The topological polar surface area (TPSA) is 26.3 Å². The highest BCUT2D eigenvalue weighted by atomic mass is 35.6. The molecule has 1 atom stereocenters. The van der Waals surface area contributed by atoms with Crippen molar-refractivity contribution in [2.24, 2.45) is 0 Å². The van der Waals surface area contributed by atoms with Gasteiger partial charge in [-0.3, -0.25) is 4.79 Å². The minimum absolute atomic E-state index is 0.250. The number of ether oxygens (including phenoxy) is 1. The fourth-order valence-electron chi connectivity index (χ4n) is 1.96. The molecule has 19 heavy (non-hydrogen) atoms. The van der Waals surface area contributed by atoms with E-state index in [1.165, 1.54) is 0 Å². The van der Waals surface area contributed by atoms with Gasteiger partial charge in [0.1, 0.15) is 5.92 Å². The van der Waals surface area contributed by atoms with E-state index in [1.54, 1.807) is 6.92 Å². The molecule has 0 amide bonds. The highest BCUT2D eigenvalue weighted by Gasteiger charge is 2.41. The third kappa shape index (κ3) is 4.01. The molecule has 2 nitrogen and oxygen atoms in total. The van der Waals surface area contributed by atoms with Crippen molar-refractivity contribution in [2.45, 2.75) is 37.4 Å². The molecule has 0 heterocycles. The lowest BCUT2D eigenvalue weighted by Gasteiger charge is -2.25. The zero-order chi connectivity index (χ0) is 14.8. The summed E-state index contributed by atoms with van der Waals surface area (Å²) < 4.78 is 3.28. The van der Waals surface area contributed by atoms with Gasteiger partial charge in [0.2, 0.25) is 3.79 Å². The average Bonchev–Trinajstić information content (AvgIpc) is 2.24. The van der Waals surface area contributed by atoms with Gasteiger partial charge in [0.15, 0.2) is 0 Å². The molecule has 0 bridgehead atoms. The van der Waals surface area contributed by atoms with Crippen molar-refractivity contribution in [3.63, 3.8) is 0 Å². The fraction of sp³-hybridized carbons (Fsp3) is 0.500. The minimum atomic E-state index is -1.74. The van der Waals surface area contributed by atoms with E-state index in [1.807, 2.05) is 32.9 Å². The van der Waals surface area contributed by atoms with Crippen LogP contribution >= 0.6 is 34.8 Å². The van der Waals surface area contributed by atoms with Crippen LogP contribution in [0.25, 0.3) is 0 Å². The van der Waals surface area contributed by atoms with Gasteiger partial charge in [-0.05, 0) is 49.9 Å². The normalized spacial score (nSPS) is 13.2. The van der Waals surface area contributed by atoms with E-state index in [0.717, 1.165) is 16.7 Å². The third-order valence-electron chi connectivity index (χ3n) is 3.04. The lowest BCUT2D eigenvalue weighted by molar-refractivity contribution is -0.144. The second-order valence-electron chi connectivity index (χ2n) is 4.52. The van der Waals surface area contributed by atoms with Gasteiger partial charge in [-0.2, -0.15) is 0 Å². The number of rotatable bonds is 3. The first kappa shape index (κ1) is 16.6. The number of alkyl halides is 3. The Balaban J connectivity index is 3.34. The number of hydrogen-bond acceptors (Lipinski definition) is 2. The van der Waals surface area contributed by atoms with Crippen LogP contribution in [0.3, 0.4) is 0 Å². The zero-order valence-corrected chi connectivity index (χ0v) is 13.7. The molecule has 0 aliphatic rings. The average molecular weight is 324 g/mol. The molecule has 0 aliphatic carbocycles. The second-order valence-corrected chi connectivity index (χ2v) is 6.89. The molecule has 0 fully saturated rings. The van der Waals surface area contributed by atoms with Crippen LogP contribution in [0.4, 0.5) is 0 Å². The molecule has 0 aromatic heterocycles. The van der Waals surface area contributed by atoms with Crippen LogP contribution in [-0.4, -0.2) is 16.4 Å². The largest absolute Gasteiger partial charge is 0.465 e. The van der Waals surface area contributed by atoms with E-state index in [4.69, 9.17) is 39.5 Å². The fourth-order valence-corrected chi connectivity index (χ4v) is 2.58. The first-order chi connectivity index (χ1) is 8.68. The van der Waals surface area contributed by atoms with E-state index in [2.05, 4.69) is 0 Å². The Hall–Kier alpha value is -0.440. The Morgan fingerprint density at radius 3 is 2.16 bits per heavy atom. The molecule has 5 heteroatoms. The maximum atomic E-state index is 12.1. The Morgan fingerprint density at radius 1 is 1.16 bits per heavy atom. The van der Waals surface area contributed by atoms with Crippen LogP contribution in [0, 0.1) is 20.8 Å². The van der Waals surface area contributed by atoms with Gasteiger partial charge in [0.25, 0.3) is 0 Å². The van der Waals surface area contributed by atoms with Crippen molar-refractivity contribution in [1.82, 2.24) is 0 Å². The number of benzene rings is 1. The molecule has 1 rings (SSSR count). The van der Waals surface area contributed by atoms with Gasteiger partial charge < -0.3 is 4.74 Å². The summed E-state index contributed by atoms with van der Waals surface area (Å²) >= 11 is 17.9. The molecule has 1 aromatic carbocycles. The summed E-state index contributed by atoms with van der Waals surface area (Å²) in [6, 6.07) is 3.86. The Labute approximate surface area is 129 Å². The van der Waals surface area contributed by atoms with E-state index < -0.39 is 15.7 Å². The van der Waals surface area contributed by atoms with Crippen molar-refractivity contribution in [3.8, 4) is 0 Å². The van der Waals surface area contributed by atoms with E-state index in [0.29, 0.717) is 5.56 Å². The van der Waals surface area contributed by atoms with Crippen molar-refractivity contribution >= 4 is 40.8 Å². The van der Waals surface area contributed by atoms with Crippen LogP contribution in [0.2, 0.25) is 0 Å². The standard InChI is InChI=1S/C14H17Cl3O2/c1-5-19-13(18)12(14(15,16)17)11-7-9(3)8(2)6-10(11)4/h6-7,12H,5H2,1-4H3/t12-/m1/s1. The van der Waals surface area contributed by atoms with Crippen LogP contribution in [0.1, 0.15) is 35.1 Å². The molecule has 106 valence electrons. The highest BCUT2D eigenvalue weighted by Crippen LogP contribution is 2.43.